The van der Waals surface area contributed by atoms with Crippen molar-refractivity contribution in [3.63, 3.8) is 0 Å². The van der Waals surface area contributed by atoms with Crippen molar-refractivity contribution >= 4 is 11.9 Å². The van der Waals surface area contributed by atoms with Crippen molar-refractivity contribution in [2.45, 2.75) is 0 Å². The van der Waals surface area contributed by atoms with Crippen LogP contribution in [-0.4, -0.2) is 26.2 Å². The van der Waals surface area contributed by atoms with E-state index in [0.29, 0.717) is 5.56 Å². The second-order valence-electron chi connectivity index (χ2n) is 4.14. The van der Waals surface area contributed by atoms with Gasteiger partial charge in [-0.15, -0.1) is 0 Å². The lowest BCUT2D eigenvalue weighted by Gasteiger charge is -2.02. The molecule has 0 aromatic heterocycles. The molecule has 4 N–H and O–H groups in total. The SMILES string of the molecule is O=C(/C=C/c1cc(O)c(O)cc1O)c1ccc(O)cc1. The molecule has 0 spiro atoms. The minimum atomic E-state index is -0.440. The lowest BCUT2D eigenvalue weighted by Crippen LogP contribution is -1.93. The smallest absolute Gasteiger partial charge is 0.185 e. The molecule has 0 saturated carbocycles. The summed E-state index contributed by atoms with van der Waals surface area (Å²) >= 11 is 0. The zero-order valence-corrected chi connectivity index (χ0v) is 10.3. The molecule has 5 nitrogen and oxygen atoms in total. The largest absolute Gasteiger partial charge is 0.508 e. The van der Waals surface area contributed by atoms with Crippen LogP contribution in [0.1, 0.15) is 15.9 Å². The van der Waals surface area contributed by atoms with Crippen molar-refractivity contribution in [3.05, 3.63) is 53.6 Å². The number of carbonyl (C=O) groups is 1. The summed E-state index contributed by atoms with van der Waals surface area (Å²) in [5.41, 5.74) is 0.578. The highest BCUT2D eigenvalue weighted by Gasteiger charge is 2.06. The first-order valence-corrected chi connectivity index (χ1v) is 5.74. The lowest BCUT2D eigenvalue weighted by molar-refractivity contribution is 0.104. The predicted molar refractivity (Wildman–Crippen MR) is 72.9 cm³/mol. The molecule has 2 aromatic carbocycles. The van der Waals surface area contributed by atoms with Crippen LogP contribution in [0.25, 0.3) is 6.08 Å². The minimum Gasteiger partial charge on any atom is -0.508 e. The number of hydrogen-bond donors (Lipinski definition) is 4. The van der Waals surface area contributed by atoms with Gasteiger partial charge in [-0.05, 0) is 42.5 Å². The van der Waals surface area contributed by atoms with E-state index in [-0.39, 0.29) is 28.6 Å². The fourth-order valence-corrected chi connectivity index (χ4v) is 1.60. The van der Waals surface area contributed by atoms with Crippen LogP contribution in [0.15, 0.2) is 42.5 Å². The Morgan fingerprint density at radius 1 is 0.850 bits per heavy atom. The van der Waals surface area contributed by atoms with Gasteiger partial charge in [-0.1, -0.05) is 0 Å². The maximum atomic E-state index is 11.8. The van der Waals surface area contributed by atoms with Crippen molar-refractivity contribution in [1.29, 1.82) is 0 Å². The highest BCUT2D eigenvalue weighted by atomic mass is 16.3. The summed E-state index contributed by atoms with van der Waals surface area (Å²) in [5.74, 6) is -1.34. The first-order chi connectivity index (χ1) is 9.47. The summed E-state index contributed by atoms with van der Waals surface area (Å²) in [5, 5.41) is 37.2. The van der Waals surface area contributed by atoms with Gasteiger partial charge in [0, 0.05) is 17.2 Å². The van der Waals surface area contributed by atoms with Crippen LogP contribution < -0.4 is 0 Å². The van der Waals surface area contributed by atoms with Crippen LogP contribution in [0.4, 0.5) is 0 Å². The molecule has 0 unspecified atom stereocenters. The Morgan fingerprint density at radius 2 is 1.45 bits per heavy atom. The Morgan fingerprint density at radius 3 is 2.10 bits per heavy atom. The van der Waals surface area contributed by atoms with Crippen molar-refractivity contribution in [1.82, 2.24) is 0 Å². The number of carbonyl (C=O) groups excluding carboxylic acids is 1. The van der Waals surface area contributed by atoms with Crippen molar-refractivity contribution in [3.8, 4) is 23.0 Å². The monoisotopic (exact) mass is 272 g/mol. The molecule has 0 aliphatic heterocycles. The molecule has 0 bridgehead atoms. The summed E-state index contributed by atoms with van der Waals surface area (Å²) in [4.78, 5) is 11.8. The Kier molecular flexibility index (Phi) is 3.61. The second-order valence-corrected chi connectivity index (χ2v) is 4.14. The predicted octanol–water partition coefficient (Wildman–Crippen LogP) is 2.41. The van der Waals surface area contributed by atoms with Crippen LogP contribution >= 0.6 is 0 Å². The zero-order valence-electron chi connectivity index (χ0n) is 10.3. The fourth-order valence-electron chi connectivity index (χ4n) is 1.60. The van der Waals surface area contributed by atoms with Gasteiger partial charge in [-0.25, -0.2) is 0 Å². The summed E-state index contributed by atoms with van der Waals surface area (Å²) in [6.07, 6.45) is 2.54. The highest BCUT2D eigenvalue weighted by Crippen LogP contribution is 2.32. The first kappa shape index (κ1) is 13.5. The van der Waals surface area contributed by atoms with Gasteiger partial charge in [0.1, 0.15) is 11.5 Å². The van der Waals surface area contributed by atoms with Crippen LogP contribution in [0.3, 0.4) is 0 Å². The molecular formula is C15H12O5. The summed E-state index contributed by atoms with van der Waals surface area (Å²) < 4.78 is 0. The normalized spacial score (nSPS) is 10.8. The van der Waals surface area contributed by atoms with Crippen molar-refractivity contribution < 1.29 is 25.2 Å². The van der Waals surface area contributed by atoms with E-state index < -0.39 is 5.75 Å². The van der Waals surface area contributed by atoms with Gasteiger partial charge in [-0.3, -0.25) is 4.79 Å². The molecule has 2 rings (SSSR count). The molecular weight excluding hydrogens is 260 g/mol. The van der Waals surface area contributed by atoms with Gasteiger partial charge in [0.2, 0.25) is 0 Å². The topological polar surface area (TPSA) is 98.0 Å². The molecule has 2 aromatic rings. The third-order valence-electron chi connectivity index (χ3n) is 2.69. The maximum absolute atomic E-state index is 11.8. The number of ketones is 1. The van der Waals surface area contributed by atoms with E-state index >= 15 is 0 Å². The third-order valence-corrected chi connectivity index (χ3v) is 2.69. The number of rotatable bonds is 3. The molecule has 102 valence electrons. The Labute approximate surface area is 114 Å². The zero-order chi connectivity index (χ0) is 14.7. The van der Waals surface area contributed by atoms with E-state index in [1.54, 1.807) is 0 Å². The second kappa shape index (κ2) is 5.36. The molecule has 0 heterocycles. The van der Waals surface area contributed by atoms with E-state index in [1.807, 2.05) is 0 Å². The van der Waals surface area contributed by atoms with Crippen LogP contribution in [0, 0.1) is 0 Å². The molecule has 0 atom stereocenters. The van der Waals surface area contributed by atoms with Crippen molar-refractivity contribution in [2.75, 3.05) is 0 Å². The average Bonchev–Trinajstić information content (AvgIpc) is 2.42. The Hall–Kier alpha value is -2.95. The van der Waals surface area contributed by atoms with E-state index in [4.69, 9.17) is 5.11 Å². The summed E-state index contributed by atoms with van der Waals surface area (Å²) in [6, 6.07) is 7.85. The fraction of sp³-hybridized carbons (Fsp3) is 0. The van der Waals surface area contributed by atoms with Crippen molar-refractivity contribution in [2.24, 2.45) is 0 Å². The van der Waals surface area contributed by atoms with Gasteiger partial charge in [0.15, 0.2) is 17.3 Å². The van der Waals surface area contributed by atoms with E-state index in [1.165, 1.54) is 36.4 Å². The standard InChI is InChI=1S/C15H12O5/c16-11-4-1-9(2-5-11)12(17)6-3-10-7-14(19)15(20)8-13(10)18/h1-8,16,18-20H/b6-3+. The van der Waals surface area contributed by atoms with Gasteiger partial charge < -0.3 is 20.4 Å². The number of phenols is 4. The van der Waals surface area contributed by atoms with Crippen LogP contribution in [0.5, 0.6) is 23.0 Å². The quantitative estimate of drug-likeness (QED) is 0.298. The number of phenolic OH excluding ortho intramolecular Hbond substituents is 4. The Balaban J connectivity index is 2.23. The van der Waals surface area contributed by atoms with Gasteiger partial charge in [0.05, 0.1) is 0 Å². The van der Waals surface area contributed by atoms with Crippen LogP contribution in [-0.2, 0) is 0 Å². The number of allylic oxidation sites excluding steroid dienone is 1. The molecule has 0 saturated heterocycles. The lowest BCUT2D eigenvalue weighted by atomic mass is 10.1. The average molecular weight is 272 g/mol. The van der Waals surface area contributed by atoms with Crippen LogP contribution in [0.2, 0.25) is 0 Å². The number of benzene rings is 2. The minimum absolute atomic E-state index is 0.0617. The molecule has 0 amide bonds. The van der Waals surface area contributed by atoms with Gasteiger partial charge >= 0.3 is 0 Å². The molecule has 0 aliphatic rings. The summed E-state index contributed by atoms with van der Waals surface area (Å²) in [7, 11) is 0. The summed E-state index contributed by atoms with van der Waals surface area (Å²) in [6.45, 7) is 0. The first-order valence-electron chi connectivity index (χ1n) is 5.74. The molecule has 0 fully saturated rings. The maximum Gasteiger partial charge on any atom is 0.185 e. The molecule has 20 heavy (non-hydrogen) atoms. The third kappa shape index (κ3) is 2.89. The van der Waals surface area contributed by atoms with E-state index in [0.717, 1.165) is 12.1 Å². The highest BCUT2D eigenvalue weighted by molar-refractivity contribution is 6.07. The van der Waals surface area contributed by atoms with E-state index in [9.17, 15) is 20.1 Å². The van der Waals surface area contributed by atoms with Gasteiger partial charge in [0.25, 0.3) is 0 Å². The van der Waals surface area contributed by atoms with Gasteiger partial charge in [-0.2, -0.15) is 0 Å². The van der Waals surface area contributed by atoms with E-state index in [2.05, 4.69) is 0 Å². The molecule has 0 radical (unpaired) electrons. The molecule has 5 heteroatoms. The Bertz CT molecular complexity index is 671. The number of hydrogen-bond acceptors (Lipinski definition) is 5. The molecule has 0 aliphatic carbocycles. The number of aromatic hydroxyl groups is 4.